The van der Waals surface area contributed by atoms with Gasteiger partial charge in [-0.3, -0.25) is 9.59 Å². The second kappa shape index (κ2) is 2.91. The highest BCUT2D eigenvalue weighted by molar-refractivity contribution is 7.96. The summed E-state index contributed by atoms with van der Waals surface area (Å²) in [7, 11) is 0. The topological polar surface area (TPSA) is 72.5 Å². The first kappa shape index (κ1) is 8.06. The van der Waals surface area contributed by atoms with Crippen LogP contribution in [0.5, 0.6) is 0 Å². The quantitative estimate of drug-likeness (QED) is 0.319. The smallest absolute Gasteiger partial charge is 0.336 e. The van der Waals surface area contributed by atoms with Gasteiger partial charge in [0.2, 0.25) is 0 Å². The van der Waals surface area contributed by atoms with Crippen LogP contribution in [0, 0.1) is 0 Å². The second-order valence-corrected chi connectivity index (χ2v) is 2.41. The van der Waals surface area contributed by atoms with Crippen LogP contribution in [0.25, 0.3) is 0 Å². The Morgan fingerprint density at radius 1 is 1.64 bits per heavy atom. The Bertz CT molecular complexity index is 227. The van der Waals surface area contributed by atoms with Crippen molar-refractivity contribution in [3.8, 4) is 0 Å². The third-order valence-corrected chi connectivity index (χ3v) is 1.30. The van der Waals surface area contributed by atoms with Crippen molar-refractivity contribution in [2.45, 2.75) is 12.5 Å². The number of amides is 1. The van der Waals surface area contributed by atoms with Crippen LogP contribution in [0.2, 0.25) is 0 Å². The number of thiol groups is 1. The monoisotopic (exact) mass is 175 g/mol. The first-order valence-corrected chi connectivity index (χ1v) is 3.28. The highest BCUT2D eigenvalue weighted by Gasteiger charge is 2.33. The lowest BCUT2D eigenvalue weighted by molar-refractivity contribution is -0.152. The summed E-state index contributed by atoms with van der Waals surface area (Å²) in [5.41, 5.74) is 0. The van der Waals surface area contributed by atoms with Gasteiger partial charge in [-0.1, -0.05) is 12.6 Å². The lowest BCUT2D eigenvalue weighted by atomic mass is 10.2. The fourth-order valence-corrected chi connectivity index (χ4v) is 0.890. The van der Waals surface area contributed by atoms with Crippen LogP contribution in [-0.2, 0) is 14.3 Å². The standard InChI is InChI=1S/C5H5NO4S/c7-3-1-2(4(8)10-3)6-5(9)11/h2H,1H2,(H2,6,9,11)/t2-/m0/s1. The molecule has 1 amide bonds. The average Bonchev–Trinajstić information content (AvgIpc) is 2.09. The molecule has 5 nitrogen and oxygen atoms in total. The minimum absolute atomic E-state index is 0.106. The summed E-state index contributed by atoms with van der Waals surface area (Å²) in [5.74, 6) is -1.35. The van der Waals surface area contributed by atoms with E-state index in [1.165, 1.54) is 0 Å². The summed E-state index contributed by atoms with van der Waals surface area (Å²) >= 11 is 3.37. The van der Waals surface area contributed by atoms with E-state index in [9.17, 15) is 14.4 Å². The molecule has 1 aliphatic rings. The summed E-state index contributed by atoms with van der Waals surface area (Å²) in [6, 6.07) is -0.854. The fourth-order valence-electron chi connectivity index (χ4n) is 0.734. The van der Waals surface area contributed by atoms with Crippen LogP contribution in [-0.4, -0.2) is 23.2 Å². The van der Waals surface area contributed by atoms with Gasteiger partial charge in [0.05, 0.1) is 6.42 Å². The summed E-state index contributed by atoms with van der Waals surface area (Å²) in [4.78, 5) is 31.3. The molecule has 0 spiro atoms. The maximum absolute atomic E-state index is 10.6. The molecule has 1 aliphatic heterocycles. The van der Waals surface area contributed by atoms with Crippen molar-refractivity contribution in [2.24, 2.45) is 0 Å². The minimum Gasteiger partial charge on any atom is -0.392 e. The van der Waals surface area contributed by atoms with E-state index in [0.717, 1.165) is 0 Å². The Morgan fingerprint density at radius 3 is 2.64 bits per heavy atom. The molecule has 1 heterocycles. The van der Waals surface area contributed by atoms with Gasteiger partial charge in [0.1, 0.15) is 6.04 Å². The summed E-state index contributed by atoms with van der Waals surface area (Å²) in [6.07, 6.45) is -0.106. The zero-order chi connectivity index (χ0) is 8.43. The van der Waals surface area contributed by atoms with Gasteiger partial charge in [0, 0.05) is 0 Å². The Hall–Kier alpha value is -1.04. The zero-order valence-corrected chi connectivity index (χ0v) is 6.26. The molecule has 0 aromatic rings. The van der Waals surface area contributed by atoms with E-state index in [1.807, 2.05) is 0 Å². The molecule has 0 bridgehead atoms. The Labute approximate surface area is 67.5 Å². The molecule has 0 aliphatic carbocycles. The van der Waals surface area contributed by atoms with Gasteiger partial charge in [-0.05, 0) is 0 Å². The van der Waals surface area contributed by atoms with Crippen LogP contribution in [0.1, 0.15) is 6.42 Å². The number of esters is 2. The SMILES string of the molecule is O=C(S)N[C@H]1CC(=O)OC1=O. The second-order valence-electron chi connectivity index (χ2n) is 2.00. The van der Waals surface area contributed by atoms with Gasteiger partial charge in [-0.25, -0.2) is 4.79 Å². The van der Waals surface area contributed by atoms with Crippen LogP contribution in [0.4, 0.5) is 4.79 Å². The molecule has 11 heavy (non-hydrogen) atoms. The molecular weight excluding hydrogens is 170 g/mol. The van der Waals surface area contributed by atoms with Gasteiger partial charge in [0.25, 0.3) is 5.24 Å². The van der Waals surface area contributed by atoms with Crippen molar-refractivity contribution >= 4 is 29.8 Å². The summed E-state index contributed by atoms with van der Waals surface area (Å²) in [5, 5.41) is 1.50. The molecular formula is C5H5NO4S. The van der Waals surface area contributed by atoms with Crippen molar-refractivity contribution in [3.63, 3.8) is 0 Å². The van der Waals surface area contributed by atoms with Crippen LogP contribution in [0.3, 0.4) is 0 Å². The zero-order valence-electron chi connectivity index (χ0n) is 5.36. The number of ether oxygens (including phenoxy) is 1. The number of nitrogens with one attached hydrogen (secondary N) is 1. The molecule has 0 unspecified atom stereocenters. The van der Waals surface area contributed by atoms with Crippen molar-refractivity contribution < 1.29 is 19.1 Å². The van der Waals surface area contributed by atoms with E-state index in [1.54, 1.807) is 0 Å². The number of hydrogen-bond acceptors (Lipinski definition) is 4. The molecule has 6 heteroatoms. The molecule has 1 N–H and O–H groups in total. The Kier molecular flexibility index (Phi) is 2.13. The third-order valence-electron chi connectivity index (χ3n) is 1.17. The highest BCUT2D eigenvalue weighted by Crippen LogP contribution is 2.07. The lowest BCUT2D eigenvalue weighted by Gasteiger charge is -2.02. The summed E-state index contributed by atoms with van der Waals surface area (Å²) in [6.45, 7) is 0. The molecule has 60 valence electrons. The minimum atomic E-state index is -0.854. The fraction of sp³-hybridized carbons (Fsp3) is 0.400. The largest absolute Gasteiger partial charge is 0.392 e. The van der Waals surface area contributed by atoms with Gasteiger partial charge in [0.15, 0.2) is 0 Å². The lowest BCUT2D eigenvalue weighted by Crippen LogP contribution is -2.34. The number of carbonyl (C=O) groups is 3. The predicted octanol–water partition coefficient (Wildman–Crippen LogP) is -0.532. The van der Waals surface area contributed by atoms with Gasteiger partial charge >= 0.3 is 11.9 Å². The molecule has 1 atom stereocenters. The van der Waals surface area contributed by atoms with Crippen LogP contribution in [0.15, 0.2) is 0 Å². The predicted molar refractivity (Wildman–Crippen MR) is 37.0 cm³/mol. The first-order chi connectivity index (χ1) is 5.09. The normalized spacial score (nSPS) is 23.2. The van der Waals surface area contributed by atoms with E-state index in [-0.39, 0.29) is 6.42 Å². The molecule has 1 rings (SSSR count). The molecule has 1 fully saturated rings. The molecule has 0 radical (unpaired) electrons. The number of hydrogen-bond donors (Lipinski definition) is 2. The van der Waals surface area contributed by atoms with Crippen molar-refractivity contribution in [2.75, 3.05) is 0 Å². The number of rotatable bonds is 1. The molecule has 0 saturated carbocycles. The van der Waals surface area contributed by atoms with Crippen molar-refractivity contribution in [1.82, 2.24) is 5.32 Å². The van der Waals surface area contributed by atoms with E-state index in [0.29, 0.717) is 0 Å². The molecule has 0 aromatic heterocycles. The van der Waals surface area contributed by atoms with Crippen molar-refractivity contribution in [1.29, 1.82) is 0 Å². The number of cyclic esters (lactones) is 2. The molecule has 0 aromatic carbocycles. The van der Waals surface area contributed by atoms with Gasteiger partial charge < -0.3 is 10.1 Å². The first-order valence-electron chi connectivity index (χ1n) is 2.83. The summed E-state index contributed by atoms with van der Waals surface area (Å²) < 4.78 is 4.15. The van der Waals surface area contributed by atoms with E-state index < -0.39 is 23.2 Å². The third kappa shape index (κ3) is 1.94. The van der Waals surface area contributed by atoms with Crippen LogP contribution < -0.4 is 5.32 Å². The average molecular weight is 175 g/mol. The maximum Gasteiger partial charge on any atom is 0.336 e. The van der Waals surface area contributed by atoms with Gasteiger partial charge in [-0.2, -0.15) is 0 Å². The van der Waals surface area contributed by atoms with Crippen molar-refractivity contribution in [3.05, 3.63) is 0 Å². The Morgan fingerprint density at radius 2 is 2.27 bits per heavy atom. The Balaban J connectivity index is 2.53. The maximum atomic E-state index is 10.6. The van der Waals surface area contributed by atoms with Gasteiger partial charge in [-0.15, -0.1) is 0 Å². The molecule has 1 saturated heterocycles. The number of carbonyl (C=O) groups excluding carboxylic acids is 3. The van der Waals surface area contributed by atoms with Crippen LogP contribution >= 0.6 is 12.6 Å². The van der Waals surface area contributed by atoms with E-state index >= 15 is 0 Å². The van der Waals surface area contributed by atoms with E-state index in [2.05, 4.69) is 22.7 Å². The van der Waals surface area contributed by atoms with E-state index in [4.69, 9.17) is 0 Å². The highest BCUT2D eigenvalue weighted by atomic mass is 32.1.